The van der Waals surface area contributed by atoms with Gasteiger partial charge in [-0.3, -0.25) is 4.79 Å². The standard InChI is InChI=1S/C30H26N4O2/c1-30(28-18-32-19-33(28)3,21-9-12-23(31-2)13-10-21)22-11-14-27-26(16-22)25(17-29(35)34(27)4)20-7-6-8-24(15-20)36-5/h6-19H,1,3-5H3/t30-/m0/s1. The summed E-state index contributed by atoms with van der Waals surface area (Å²) < 4.78 is 9.14. The minimum absolute atomic E-state index is 0.0720. The third kappa shape index (κ3) is 3.66. The highest BCUT2D eigenvalue weighted by Gasteiger charge is 2.34. The largest absolute Gasteiger partial charge is 0.497 e. The summed E-state index contributed by atoms with van der Waals surface area (Å²) in [6, 6.07) is 23.4. The number of imidazole rings is 1. The van der Waals surface area contributed by atoms with Crippen LogP contribution in [-0.2, 0) is 19.5 Å². The number of aryl methyl sites for hydroxylation is 2. The van der Waals surface area contributed by atoms with Gasteiger partial charge < -0.3 is 13.9 Å². The van der Waals surface area contributed by atoms with Gasteiger partial charge in [0.2, 0.25) is 0 Å². The highest BCUT2D eigenvalue weighted by molar-refractivity contribution is 5.95. The zero-order valence-corrected chi connectivity index (χ0v) is 20.7. The van der Waals surface area contributed by atoms with Crippen LogP contribution >= 0.6 is 0 Å². The predicted molar refractivity (Wildman–Crippen MR) is 143 cm³/mol. The van der Waals surface area contributed by atoms with Crippen molar-refractivity contribution >= 4 is 16.6 Å². The number of hydrogen-bond acceptors (Lipinski definition) is 3. The van der Waals surface area contributed by atoms with Gasteiger partial charge in [-0.05, 0) is 53.4 Å². The summed E-state index contributed by atoms with van der Waals surface area (Å²) >= 11 is 0. The molecule has 0 N–H and O–H groups in total. The molecule has 2 heterocycles. The minimum atomic E-state index is -0.555. The molecule has 0 aliphatic rings. The van der Waals surface area contributed by atoms with Crippen LogP contribution < -0.4 is 10.3 Å². The SMILES string of the molecule is [C-]#[N+]c1ccc([C@@](C)(c2ccc3c(c2)c(-c2cccc(OC)c2)cc(=O)n3C)c2cncn2C)cc1. The van der Waals surface area contributed by atoms with Crippen molar-refractivity contribution in [2.24, 2.45) is 14.1 Å². The van der Waals surface area contributed by atoms with Gasteiger partial charge in [-0.25, -0.2) is 9.83 Å². The second-order valence-corrected chi connectivity index (χ2v) is 9.09. The van der Waals surface area contributed by atoms with Crippen molar-refractivity contribution in [3.05, 3.63) is 124 Å². The van der Waals surface area contributed by atoms with E-state index in [2.05, 4.69) is 28.9 Å². The lowest BCUT2D eigenvalue weighted by Crippen LogP contribution is -2.28. The molecule has 0 saturated carbocycles. The molecule has 6 heteroatoms. The van der Waals surface area contributed by atoms with Crippen LogP contribution in [0, 0.1) is 6.57 Å². The fraction of sp³-hybridized carbons (Fsp3) is 0.167. The highest BCUT2D eigenvalue weighted by atomic mass is 16.5. The number of rotatable bonds is 5. The summed E-state index contributed by atoms with van der Waals surface area (Å²) in [6.07, 6.45) is 3.68. The lowest BCUT2D eigenvalue weighted by molar-refractivity contribution is 0.415. The molecule has 0 spiro atoms. The average Bonchev–Trinajstić information content (AvgIpc) is 3.36. The van der Waals surface area contributed by atoms with Crippen molar-refractivity contribution in [2.45, 2.75) is 12.3 Å². The molecule has 0 bridgehead atoms. The van der Waals surface area contributed by atoms with Crippen LogP contribution in [-0.4, -0.2) is 21.2 Å². The molecule has 5 aromatic rings. The van der Waals surface area contributed by atoms with E-state index in [9.17, 15) is 4.79 Å². The zero-order valence-electron chi connectivity index (χ0n) is 20.7. The number of hydrogen-bond donors (Lipinski definition) is 0. The van der Waals surface area contributed by atoms with Gasteiger partial charge in [0, 0.05) is 31.7 Å². The Morgan fingerprint density at radius 1 is 0.972 bits per heavy atom. The summed E-state index contributed by atoms with van der Waals surface area (Å²) in [4.78, 5) is 20.8. The molecule has 0 unspecified atom stereocenters. The molecule has 36 heavy (non-hydrogen) atoms. The van der Waals surface area contributed by atoms with E-state index < -0.39 is 5.41 Å². The minimum Gasteiger partial charge on any atom is -0.497 e. The Hall–Kier alpha value is -4.63. The normalized spacial score (nSPS) is 12.8. The van der Waals surface area contributed by atoms with Gasteiger partial charge in [-0.15, -0.1) is 0 Å². The van der Waals surface area contributed by atoms with Crippen molar-refractivity contribution in [2.75, 3.05) is 7.11 Å². The summed E-state index contributed by atoms with van der Waals surface area (Å²) in [7, 11) is 5.42. The summed E-state index contributed by atoms with van der Waals surface area (Å²) in [6.45, 7) is 9.52. The lowest BCUT2D eigenvalue weighted by atomic mass is 9.73. The molecule has 0 aliphatic heterocycles. The van der Waals surface area contributed by atoms with Gasteiger partial charge in [0.25, 0.3) is 5.56 Å². The third-order valence-corrected chi connectivity index (χ3v) is 7.11. The molecule has 5 rings (SSSR count). The van der Waals surface area contributed by atoms with E-state index in [0.717, 1.165) is 44.6 Å². The van der Waals surface area contributed by atoms with Gasteiger partial charge in [0.1, 0.15) is 5.75 Å². The molecule has 6 nitrogen and oxygen atoms in total. The molecule has 0 aliphatic carbocycles. The van der Waals surface area contributed by atoms with Crippen molar-refractivity contribution in [3.8, 4) is 16.9 Å². The van der Waals surface area contributed by atoms with Crippen LogP contribution in [0.1, 0.15) is 23.7 Å². The topological polar surface area (TPSA) is 53.4 Å². The maximum atomic E-state index is 12.9. The number of aromatic nitrogens is 3. The Bertz CT molecular complexity index is 1690. The Kier molecular flexibility index (Phi) is 5.69. The van der Waals surface area contributed by atoms with Crippen LogP contribution in [0.15, 0.2) is 90.1 Å². The first-order chi connectivity index (χ1) is 17.4. The van der Waals surface area contributed by atoms with E-state index in [4.69, 9.17) is 11.3 Å². The molecule has 0 saturated heterocycles. The van der Waals surface area contributed by atoms with Crippen molar-refractivity contribution < 1.29 is 4.74 Å². The molecule has 3 aromatic carbocycles. The Labute approximate surface area is 209 Å². The summed E-state index contributed by atoms with van der Waals surface area (Å²) in [5.74, 6) is 0.733. The number of ether oxygens (including phenoxy) is 1. The number of methoxy groups -OCH3 is 1. The van der Waals surface area contributed by atoms with Gasteiger partial charge in [-0.2, -0.15) is 0 Å². The molecule has 178 valence electrons. The first-order valence-electron chi connectivity index (χ1n) is 11.6. The van der Waals surface area contributed by atoms with Crippen LogP contribution in [0.4, 0.5) is 5.69 Å². The molecule has 0 radical (unpaired) electrons. The number of fused-ring (bicyclic) bond motifs is 1. The summed E-state index contributed by atoms with van der Waals surface area (Å²) in [5, 5.41) is 0.967. The predicted octanol–water partition coefficient (Wildman–Crippen LogP) is 5.85. The van der Waals surface area contributed by atoms with E-state index >= 15 is 0 Å². The van der Waals surface area contributed by atoms with E-state index in [1.807, 2.05) is 72.4 Å². The number of pyridine rings is 1. The van der Waals surface area contributed by atoms with Crippen molar-refractivity contribution in [1.29, 1.82) is 0 Å². The molecule has 2 aromatic heterocycles. The highest BCUT2D eigenvalue weighted by Crippen LogP contribution is 2.41. The Balaban J connectivity index is 1.82. The van der Waals surface area contributed by atoms with Crippen LogP contribution in [0.25, 0.3) is 26.9 Å². The molecule has 1 atom stereocenters. The summed E-state index contributed by atoms with van der Waals surface area (Å²) in [5.41, 5.74) is 5.70. The monoisotopic (exact) mass is 474 g/mol. The van der Waals surface area contributed by atoms with Crippen molar-refractivity contribution in [3.63, 3.8) is 0 Å². The second kappa shape index (κ2) is 8.86. The van der Waals surface area contributed by atoms with Gasteiger partial charge >= 0.3 is 0 Å². The van der Waals surface area contributed by atoms with Gasteiger partial charge in [0.05, 0.1) is 36.6 Å². The smallest absolute Gasteiger partial charge is 0.251 e. The number of nitrogens with zero attached hydrogens (tertiary/aromatic N) is 4. The fourth-order valence-electron chi connectivity index (χ4n) is 4.97. The third-order valence-electron chi connectivity index (χ3n) is 7.11. The van der Waals surface area contributed by atoms with Gasteiger partial charge in [0.15, 0.2) is 5.69 Å². The quantitative estimate of drug-likeness (QED) is 0.300. The zero-order chi connectivity index (χ0) is 25.4. The maximum absolute atomic E-state index is 12.9. The van der Waals surface area contributed by atoms with Gasteiger partial charge in [-0.1, -0.05) is 42.5 Å². The van der Waals surface area contributed by atoms with Crippen LogP contribution in [0.3, 0.4) is 0 Å². The lowest BCUT2D eigenvalue weighted by Gasteiger charge is -2.32. The molecule has 0 fully saturated rings. The Morgan fingerprint density at radius 2 is 1.72 bits per heavy atom. The van der Waals surface area contributed by atoms with Crippen LogP contribution in [0.5, 0.6) is 5.75 Å². The van der Waals surface area contributed by atoms with E-state index in [1.165, 1.54) is 0 Å². The van der Waals surface area contributed by atoms with E-state index in [0.29, 0.717) is 5.69 Å². The van der Waals surface area contributed by atoms with Crippen molar-refractivity contribution in [1.82, 2.24) is 14.1 Å². The van der Waals surface area contributed by atoms with E-state index in [1.54, 1.807) is 31.1 Å². The first-order valence-corrected chi connectivity index (χ1v) is 11.6. The maximum Gasteiger partial charge on any atom is 0.251 e. The fourth-order valence-corrected chi connectivity index (χ4v) is 4.97. The second-order valence-electron chi connectivity index (χ2n) is 9.09. The number of benzene rings is 3. The Morgan fingerprint density at radius 3 is 2.39 bits per heavy atom. The first kappa shape index (κ1) is 23.1. The van der Waals surface area contributed by atoms with E-state index in [-0.39, 0.29) is 5.56 Å². The van der Waals surface area contributed by atoms with Crippen LogP contribution in [0.2, 0.25) is 0 Å². The average molecular weight is 475 g/mol. The molecule has 0 amide bonds. The molecular formula is C30H26N4O2. The molecular weight excluding hydrogens is 448 g/mol.